The van der Waals surface area contributed by atoms with Crippen molar-refractivity contribution in [3.05, 3.63) is 33.3 Å². The lowest BCUT2D eigenvalue weighted by atomic mass is 9.79. The SMILES string of the molecule is NNC(c1cccc(Br)c1Cl)C1CCOC2(CCSC2)C1. The van der Waals surface area contributed by atoms with E-state index >= 15 is 0 Å². The fourth-order valence-electron chi connectivity index (χ4n) is 3.45. The first-order chi connectivity index (χ1) is 10.2. The van der Waals surface area contributed by atoms with E-state index in [1.807, 2.05) is 23.9 Å². The Kier molecular flexibility index (Phi) is 5.19. The number of rotatable bonds is 3. The predicted octanol–water partition coefficient (Wildman–Crippen LogP) is 3.91. The van der Waals surface area contributed by atoms with Crippen LogP contribution in [0.3, 0.4) is 0 Å². The standard InChI is InChI=1S/C15H20BrClN2OS/c16-12-3-1-2-11(13(12)17)14(19-18)10-4-6-20-15(8-10)5-7-21-9-15/h1-3,10,14,19H,4-9,18H2. The van der Waals surface area contributed by atoms with Gasteiger partial charge in [-0.25, -0.2) is 0 Å². The molecule has 3 nitrogen and oxygen atoms in total. The van der Waals surface area contributed by atoms with Gasteiger partial charge in [0.25, 0.3) is 0 Å². The predicted molar refractivity (Wildman–Crippen MR) is 92.6 cm³/mol. The third kappa shape index (κ3) is 3.28. The molecule has 1 aromatic rings. The van der Waals surface area contributed by atoms with Gasteiger partial charge >= 0.3 is 0 Å². The van der Waals surface area contributed by atoms with E-state index in [0.29, 0.717) is 5.92 Å². The topological polar surface area (TPSA) is 47.3 Å². The van der Waals surface area contributed by atoms with E-state index in [0.717, 1.165) is 46.7 Å². The van der Waals surface area contributed by atoms with Gasteiger partial charge in [-0.05, 0) is 58.5 Å². The lowest BCUT2D eigenvalue weighted by Gasteiger charge is -2.41. The number of nitrogens with one attached hydrogen (secondary N) is 1. The average Bonchev–Trinajstić information content (AvgIpc) is 2.92. The molecule has 0 radical (unpaired) electrons. The molecule has 2 fully saturated rings. The maximum absolute atomic E-state index is 6.46. The van der Waals surface area contributed by atoms with Crippen molar-refractivity contribution in [3.63, 3.8) is 0 Å². The minimum atomic E-state index is 0.0567. The van der Waals surface area contributed by atoms with Gasteiger partial charge in [0.2, 0.25) is 0 Å². The number of hydrogen-bond acceptors (Lipinski definition) is 4. The number of nitrogens with two attached hydrogens (primary N) is 1. The summed E-state index contributed by atoms with van der Waals surface area (Å²) in [6.45, 7) is 0.815. The van der Waals surface area contributed by atoms with E-state index in [-0.39, 0.29) is 11.6 Å². The van der Waals surface area contributed by atoms with Gasteiger partial charge in [-0.15, -0.1) is 0 Å². The zero-order valence-electron chi connectivity index (χ0n) is 11.8. The largest absolute Gasteiger partial charge is 0.374 e. The summed E-state index contributed by atoms with van der Waals surface area (Å²) in [6.07, 6.45) is 3.22. The van der Waals surface area contributed by atoms with Gasteiger partial charge in [-0.2, -0.15) is 11.8 Å². The molecule has 3 atom stereocenters. The Morgan fingerprint density at radius 1 is 1.52 bits per heavy atom. The molecule has 3 rings (SSSR count). The third-order valence-electron chi connectivity index (χ3n) is 4.57. The molecule has 3 unspecified atom stereocenters. The van der Waals surface area contributed by atoms with Crippen LogP contribution in [-0.4, -0.2) is 23.7 Å². The van der Waals surface area contributed by atoms with Crippen LogP contribution in [0.1, 0.15) is 30.9 Å². The first kappa shape index (κ1) is 16.1. The first-order valence-electron chi connectivity index (χ1n) is 7.27. The van der Waals surface area contributed by atoms with E-state index in [4.69, 9.17) is 22.2 Å². The maximum atomic E-state index is 6.46. The summed E-state index contributed by atoms with van der Waals surface area (Å²) in [4.78, 5) is 0. The van der Waals surface area contributed by atoms with E-state index in [1.165, 1.54) is 5.75 Å². The summed E-state index contributed by atoms with van der Waals surface area (Å²) in [5.74, 6) is 8.63. The molecule has 0 amide bonds. The first-order valence-corrected chi connectivity index (χ1v) is 9.59. The monoisotopic (exact) mass is 390 g/mol. The second-order valence-corrected chi connectivity index (χ2v) is 8.21. The van der Waals surface area contributed by atoms with Crippen molar-refractivity contribution in [3.8, 4) is 0 Å². The average molecular weight is 392 g/mol. The zero-order chi connectivity index (χ0) is 14.9. The lowest BCUT2D eigenvalue weighted by molar-refractivity contribution is -0.0854. The molecular weight excluding hydrogens is 372 g/mol. The molecule has 2 saturated heterocycles. The van der Waals surface area contributed by atoms with Crippen molar-refractivity contribution < 1.29 is 4.74 Å². The van der Waals surface area contributed by atoms with Gasteiger partial charge in [0.05, 0.1) is 16.7 Å². The molecule has 1 spiro atoms. The van der Waals surface area contributed by atoms with Gasteiger partial charge in [-0.3, -0.25) is 11.3 Å². The van der Waals surface area contributed by atoms with E-state index in [9.17, 15) is 0 Å². The van der Waals surface area contributed by atoms with Crippen molar-refractivity contribution in [1.82, 2.24) is 5.43 Å². The Balaban J connectivity index is 1.84. The van der Waals surface area contributed by atoms with Crippen LogP contribution < -0.4 is 11.3 Å². The number of hydrazine groups is 1. The summed E-state index contributed by atoms with van der Waals surface area (Å²) in [5, 5.41) is 0.752. The van der Waals surface area contributed by atoms with Crippen LogP contribution in [0.5, 0.6) is 0 Å². The highest BCUT2D eigenvalue weighted by Gasteiger charge is 2.42. The Morgan fingerprint density at radius 3 is 3.10 bits per heavy atom. The highest BCUT2D eigenvalue weighted by Crippen LogP contribution is 2.45. The quantitative estimate of drug-likeness (QED) is 0.606. The van der Waals surface area contributed by atoms with Crippen LogP contribution in [0.2, 0.25) is 5.02 Å². The Bertz CT molecular complexity index is 510. The van der Waals surface area contributed by atoms with Crippen molar-refractivity contribution in [2.45, 2.75) is 30.9 Å². The fourth-order valence-corrected chi connectivity index (χ4v) is 5.46. The van der Waals surface area contributed by atoms with Gasteiger partial charge in [0.15, 0.2) is 0 Å². The lowest BCUT2D eigenvalue weighted by Crippen LogP contribution is -2.45. The van der Waals surface area contributed by atoms with Gasteiger partial charge < -0.3 is 4.74 Å². The van der Waals surface area contributed by atoms with Gasteiger partial charge in [0.1, 0.15) is 0 Å². The Morgan fingerprint density at radius 2 is 2.38 bits per heavy atom. The third-order valence-corrected chi connectivity index (χ3v) is 7.10. The number of ether oxygens (including phenoxy) is 1. The number of thioether (sulfide) groups is 1. The molecule has 2 aliphatic heterocycles. The molecule has 1 aromatic carbocycles. The smallest absolute Gasteiger partial charge is 0.0783 e. The van der Waals surface area contributed by atoms with Crippen LogP contribution in [0.15, 0.2) is 22.7 Å². The molecule has 116 valence electrons. The maximum Gasteiger partial charge on any atom is 0.0783 e. The molecule has 0 aromatic heterocycles. The normalized spacial score (nSPS) is 30.7. The molecule has 0 aliphatic carbocycles. The molecular formula is C15H20BrClN2OS. The number of hydrogen-bond donors (Lipinski definition) is 2. The van der Waals surface area contributed by atoms with Crippen LogP contribution in [0.25, 0.3) is 0 Å². The van der Waals surface area contributed by atoms with E-state index in [2.05, 4.69) is 27.4 Å². The summed E-state index contributed by atoms with van der Waals surface area (Å²) < 4.78 is 7.03. The second kappa shape index (κ2) is 6.77. The molecule has 0 saturated carbocycles. The Hall–Kier alpha value is 0.220. The van der Waals surface area contributed by atoms with Crippen molar-refractivity contribution in [2.24, 2.45) is 11.8 Å². The highest BCUT2D eigenvalue weighted by atomic mass is 79.9. The Labute approximate surface area is 143 Å². The van der Waals surface area contributed by atoms with E-state index in [1.54, 1.807) is 0 Å². The van der Waals surface area contributed by atoms with Crippen LogP contribution >= 0.6 is 39.3 Å². The summed E-state index contributed by atoms with van der Waals surface area (Å²) in [5.41, 5.74) is 4.12. The fraction of sp³-hybridized carbons (Fsp3) is 0.600. The molecule has 21 heavy (non-hydrogen) atoms. The van der Waals surface area contributed by atoms with Crippen LogP contribution in [-0.2, 0) is 4.74 Å². The molecule has 6 heteroatoms. The minimum absolute atomic E-state index is 0.0567. The second-order valence-electron chi connectivity index (χ2n) is 5.87. The van der Waals surface area contributed by atoms with Crippen molar-refractivity contribution in [1.29, 1.82) is 0 Å². The van der Waals surface area contributed by atoms with E-state index < -0.39 is 0 Å². The minimum Gasteiger partial charge on any atom is -0.374 e. The summed E-state index contributed by atoms with van der Waals surface area (Å²) >= 11 is 12.0. The summed E-state index contributed by atoms with van der Waals surface area (Å²) in [6, 6.07) is 6.10. The van der Waals surface area contributed by atoms with Crippen molar-refractivity contribution in [2.75, 3.05) is 18.1 Å². The van der Waals surface area contributed by atoms with Crippen LogP contribution in [0.4, 0.5) is 0 Å². The molecule has 2 heterocycles. The number of halogens is 2. The summed E-state index contributed by atoms with van der Waals surface area (Å²) in [7, 11) is 0. The van der Waals surface area contributed by atoms with Crippen LogP contribution in [0, 0.1) is 5.92 Å². The van der Waals surface area contributed by atoms with Gasteiger partial charge in [0, 0.05) is 16.8 Å². The zero-order valence-corrected chi connectivity index (χ0v) is 14.9. The number of benzene rings is 1. The highest BCUT2D eigenvalue weighted by molar-refractivity contribution is 9.10. The van der Waals surface area contributed by atoms with Crippen molar-refractivity contribution >= 4 is 39.3 Å². The molecule has 3 N–H and O–H groups in total. The molecule has 2 aliphatic rings. The molecule has 0 bridgehead atoms. The van der Waals surface area contributed by atoms with Gasteiger partial charge in [-0.1, -0.05) is 23.7 Å².